The van der Waals surface area contributed by atoms with E-state index in [2.05, 4.69) is 10.9 Å². The normalized spacial score (nSPS) is 9.79. The first-order valence-electron chi connectivity index (χ1n) is 4.51. The van der Waals surface area contributed by atoms with Crippen molar-refractivity contribution in [2.24, 2.45) is 0 Å². The first-order chi connectivity index (χ1) is 6.68. The highest BCUT2D eigenvalue weighted by Gasteiger charge is 1.96. The summed E-state index contributed by atoms with van der Waals surface area (Å²) in [5, 5.41) is 9.09. The van der Waals surface area contributed by atoms with E-state index < -0.39 is 5.09 Å². The van der Waals surface area contributed by atoms with Crippen LogP contribution in [0.25, 0.3) is 0 Å². The predicted molar refractivity (Wildman–Crippen MR) is 52.4 cm³/mol. The molecule has 4 nitrogen and oxygen atoms in total. The highest BCUT2D eigenvalue weighted by Crippen LogP contribution is 2.06. The van der Waals surface area contributed by atoms with Crippen LogP contribution in [0.4, 0.5) is 0 Å². The van der Waals surface area contributed by atoms with Gasteiger partial charge in [0.25, 0.3) is 5.09 Å². The van der Waals surface area contributed by atoms with Crippen LogP contribution in [0.1, 0.15) is 17.5 Å². The first kappa shape index (κ1) is 10.5. The number of aryl methyl sites for hydroxylation is 2. The maximum atomic E-state index is 9.85. The summed E-state index contributed by atoms with van der Waals surface area (Å²) in [6.07, 6.45) is 1.49. The van der Waals surface area contributed by atoms with Crippen molar-refractivity contribution in [3.05, 3.63) is 45.5 Å². The van der Waals surface area contributed by atoms with Crippen LogP contribution in [0.5, 0.6) is 0 Å². The molecule has 0 aliphatic rings. The Bertz CT molecular complexity index is 312. The van der Waals surface area contributed by atoms with Gasteiger partial charge in [0.05, 0.1) is 6.61 Å². The third kappa shape index (κ3) is 3.89. The summed E-state index contributed by atoms with van der Waals surface area (Å²) >= 11 is 0. The third-order valence-corrected chi connectivity index (χ3v) is 1.89. The molecule has 0 aromatic heterocycles. The minimum absolute atomic E-state index is 0.168. The van der Waals surface area contributed by atoms with E-state index in [1.165, 1.54) is 11.1 Å². The summed E-state index contributed by atoms with van der Waals surface area (Å²) in [6, 6.07) is 8.10. The van der Waals surface area contributed by atoms with Gasteiger partial charge in [-0.3, -0.25) is 0 Å². The summed E-state index contributed by atoms with van der Waals surface area (Å²) in [5.74, 6) is 0. The number of rotatable bonds is 5. The second-order valence-corrected chi connectivity index (χ2v) is 3.15. The van der Waals surface area contributed by atoms with Crippen molar-refractivity contribution >= 4 is 0 Å². The number of hydrogen-bond donors (Lipinski definition) is 0. The van der Waals surface area contributed by atoms with Crippen LogP contribution in [0.3, 0.4) is 0 Å². The van der Waals surface area contributed by atoms with Gasteiger partial charge in [-0.25, -0.2) is 0 Å². The van der Waals surface area contributed by atoms with Crippen LogP contribution in [-0.4, -0.2) is 11.7 Å². The van der Waals surface area contributed by atoms with Gasteiger partial charge in [-0.1, -0.05) is 29.8 Å². The number of benzene rings is 1. The monoisotopic (exact) mass is 195 g/mol. The van der Waals surface area contributed by atoms with Crippen molar-refractivity contribution in [3.8, 4) is 0 Å². The zero-order valence-electron chi connectivity index (χ0n) is 8.10. The molecular formula is C10H13NO3. The molecule has 4 heteroatoms. The Morgan fingerprint density at radius 1 is 1.50 bits per heavy atom. The molecule has 0 saturated carbocycles. The van der Waals surface area contributed by atoms with Crippen LogP contribution in [0.2, 0.25) is 0 Å². The van der Waals surface area contributed by atoms with Gasteiger partial charge in [0.15, 0.2) is 0 Å². The molecule has 0 fully saturated rings. The van der Waals surface area contributed by atoms with E-state index in [-0.39, 0.29) is 6.61 Å². The molecule has 14 heavy (non-hydrogen) atoms. The van der Waals surface area contributed by atoms with E-state index in [1.807, 2.05) is 25.1 Å². The van der Waals surface area contributed by atoms with Gasteiger partial charge < -0.3 is 4.84 Å². The lowest BCUT2D eigenvalue weighted by atomic mass is 10.1. The summed E-state index contributed by atoms with van der Waals surface area (Å²) in [6.45, 7) is 2.19. The molecule has 0 saturated heterocycles. The van der Waals surface area contributed by atoms with Gasteiger partial charge in [0.1, 0.15) is 0 Å². The minimum atomic E-state index is -0.754. The van der Waals surface area contributed by atoms with Gasteiger partial charge in [0, 0.05) is 0 Å². The summed E-state index contributed by atoms with van der Waals surface area (Å²) < 4.78 is 0. The fraction of sp³-hybridized carbons (Fsp3) is 0.400. The molecule has 0 bridgehead atoms. The van der Waals surface area contributed by atoms with Gasteiger partial charge in [0.2, 0.25) is 0 Å². The van der Waals surface area contributed by atoms with Crippen LogP contribution in [0.15, 0.2) is 24.3 Å². The van der Waals surface area contributed by atoms with Crippen molar-refractivity contribution < 1.29 is 9.92 Å². The van der Waals surface area contributed by atoms with E-state index in [1.54, 1.807) is 0 Å². The quantitative estimate of drug-likeness (QED) is 0.411. The Morgan fingerprint density at radius 2 is 2.29 bits per heavy atom. The topological polar surface area (TPSA) is 52.4 Å². The van der Waals surface area contributed by atoms with E-state index >= 15 is 0 Å². The summed E-state index contributed by atoms with van der Waals surface area (Å²) in [4.78, 5) is 14.1. The molecule has 76 valence electrons. The lowest BCUT2D eigenvalue weighted by Gasteiger charge is -2.01. The summed E-state index contributed by atoms with van der Waals surface area (Å²) in [7, 11) is 0. The Hall–Kier alpha value is -1.58. The lowest BCUT2D eigenvalue weighted by molar-refractivity contribution is -0.757. The standard InChI is InChI=1S/C10H13NO3/c1-9-4-2-5-10(8-9)6-3-7-14-11(12)13/h2,4-5,8H,3,6-7H2,1H3. The molecule has 0 heterocycles. The van der Waals surface area contributed by atoms with Gasteiger partial charge in [-0.15, -0.1) is 10.1 Å². The van der Waals surface area contributed by atoms with E-state index in [0.717, 1.165) is 6.42 Å². The maximum absolute atomic E-state index is 9.85. The molecule has 0 spiro atoms. The van der Waals surface area contributed by atoms with Crippen LogP contribution in [-0.2, 0) is 11.3 Å². The molecule has 0 aliphatic carbocycles. The van der Waals surface area contributed by atoms with Crippen LogP contribution in [0, 0.1) is 17.0 Å². The predicted octanol–water partition coefficient (Wildman–Crippen LogP) is 2.14. The van der Waals surface area contributed by atoms with E-state index in [4.69, 9.17) is 0 Å². The SMILES string of the molecule is Cc1cccc(CCCO[N+](=O)[O-])c1. The first-order valence-corrected chi connectivity index (χ1v) is 4.51. The highest BCUT2D eigenvalue weighted by atomic mass is 16.9. The molecule has 0 atom stereocenters. The fourth-order valence-corrected chi connectivity index (χ4v) is 1.28. The van der Waals surface area contributed by atoms with Crippen LogP contribution >= 0.6 is 0 Å². The lowest BCUT2D eigenvalue weighted by Crippen LogP contribution is -2.03. The van der Waals surface area contributed by atoms with Crippen molar-refractivity contribution in [1.29, 1.82) is 0 Å². The van der Waals surface area contributed by atoms with Gasteiger partial charge in [-0.05, 0) is 25.3 Å². The zero-order chi connectivity index (χ0) is 10.4. The van der Waals surface area contributed by atoms with Gasteiger partial charge >= 0.3 is 0 Å². The van der Waals surface area contributed by atoms with E-state index in [0.29, 0.717) is 6.42 Å². The molecule has 1 aromatic rings. The molecule has 1 rings (SSSR count). The second-order valence-electron chi connectivity index (χ2n) is 3.15. The van der Waals surface area contributed by atoms with Crippen molar-refractivity contribution in [2.45, 2.75) is 19.8 Å². The number of nitrogens with zero attached hydrogens (tertiary/aromatic N) is 1. The smallest absolute Gasteiger partial charge is 0.294 e. The Labute approximate surface area is 82.6 Å². The fourth-order valence-electron chi connectivity index (χ4n) is 1.28. The molecule has 1 aromatic carbocycles. The Kier molecular flexibility index (Phi) is 3.91. The summed E-state index contributed by atoms with van der Waals surface area (Å²) in [5.41, 5.74) is 2.40. The molecule has 0 radical (unpaired) electrons. The third-order valence-electron chi connectivity index (χ3n) is 1.89. The Morgan fingerprint density at radius 3 is 2.93 bits per heavy atom. The van der Waals surface area contributed by atoms with Gasteiger partial charge in [-0.2, -0.15) is 0 Å². The Balaban J connectivity index is 2.28. The largest absolute Gasteiger partial charge is 0.314 e. The van der Waals surface area contributed by atoms with Crippen molar-refractivity contribution in [1.82, 2.24) is 0 Å². The molecule has 0 amide bonds. The van der Waals surface area contributed by atoms with Crippen molar-refractivity contribution in [3.63, 3.8) is 0 Å². The highest BCUT2D eigenvalue weighted by molar-refractivity contribution is 5.22. The molecule has 0 unspecified atom stereocenters. The molecule has 0 N–H and O–H groups in total. The average molecular weight is 195 g/mol. The van der Waals surface area contributed by atoms with Crippen molar-refractivity contribution in [2.75, 3.05) is 6.61 Å². The van der Waals surface area contributed by atoms with E-state index in [9.17, 15) is 10.1 Å². The number of hydrogen-bond acceptors (Lipinski definition) is 3. The van der Waals surface area contributed by atoms with Crippen LogP contribution < -0.4 is 0 Å². The molecule has 0 aliphatic heterocycles. The average Bonchev–Trinajstić information content (AvgIpc) is 2.12. The second kappa shape index (κ2) is 5.21. The molecular weight excluding hydrogens is 182 g/mol. The maximum Gasteiger partial charge on any atom is 0.294 e. The zero-order valence-corrected chi connectivity index (χ0v) is 8.10. The minimum Gasteiger partial charge on any atom is -0.314 e.